The molecule has 1 aliphatic rings. The number of carbonyl (C=O) groups excluding carboxylic acids is 1. The highest BCUT2D eigenvalue weighted by Crippen LogP contribution is 2.24. The first-order chi connectivity index (χ1) is 5.82. The fourth-order valence-electron chi connectivity index (χ4n) is 1.68. The highest BCUT2D eigenvalue weighted by atomic mass is 16.3. The van der Waals surface area contributed by atoms with E-state index < -0.39 is 5.60 Å². The molecule has 2 atom stereocenters. The predicted octanol–water partition coefficient (Wildman–Crippen LogP) is 0.872. The molecule has 0 bridgehead atoms. The third-order valence-corrected chi connectivity index (χ3v) is 2.80. The van der Waals surface area contributed by atoms with Gasteiger partial charge in [-0.25, -0.2) is 0 Å². The van der Waals surface area contributed by atoms with Gasteiger partial charge in [-0.1, -0.05) is 13.8 Å². The van der Waals surface area contributed by atoms with Crippen LogP contribution in [0, 0.1) is 11.8 Å². The smallest absolute Gasteiger partial charge is 0.253 e. The molecule has 1 amide bonds. The van der Waals surface area contributed by atoms with Gasteiger partial charge in [0.05, 0.1) is 0 Å². The van der Waals surface area contributed by atoms with Gasteiger partial charge in [-0.3, -0.25) is 4.79 Å². The normalized spacial score (nSPS) is 29.5. The van der Waals surface area contributed by atoms with Crippen molar-refractivity contribution in [3.63, 3.8) is 0 Å². The van der Waals surface area contributed by atoms with Crippen molar-refractivity contribution in [2.75, 3.05) is 13.1 Å². The molecular weight excluding hydrogens is 166 g/mol. The Hall–Kier alpha value is -0.570. The molecule has 0 saturated carbocycles. The monoisotopic (exact) mass is 185 g/mol. The van der Waals surface area contributed by atoms with Gasteiger partial charge in [0, 0.05) is 13.1 Å². The van der Waals surface area contributed by atoms with E-state index in [4.69, 9.17) is 0 Å². The molecule has 3 heteroatoms. The van der Waals surface area contributed by atoms with Crippen molar-refractivity contribution in [3.05, 3.63) is 0 Å². The van der Waals surface area contributed by atoms with Crippen LogP contribution in [0.2, 0.25) is 0 Å². The number of hydrogen-bond acceptors (Lipinski definition) is 2. The second-order valence-corrected chi connectivity index (χ2v) is 4.72. The summed E-state index contributed by atoms with van der Waals surface area (Å²) in [7, 11) is 0. The average Bonchev–Trinajstić information content (AvgIpc) is 2.29. The lowest BCUT2D eigenvalue weighted by molar-refractivity contribution is -0.146. The minimum atomic E-state index is -1.22. The molecule has 76 valence electrons. The SMILES string of the molecule is CC1CN(C(=O)C(C)(C)O)CC1C. The standard InChI is InChI=1S/C10H19NO2/c1-7-5-11(6-8(7)2)9(12)10(3,4)13/h7-8,13H,5-6H2,1-4H3. The van der Waals surface area contributed by atoms with Crippen LogP contribution in [0.25, 0.3) is 0 Å². The Labute approximate surface area is 79.7 Å². The molecule has 0 spiro atoms. The number of nitrogens with zero attached hydrogens (tertiary/aromatic N) is 1. The highest BCUT2D eigenvalue weighted by molar-refractivity contribution is 5.84. The molecule has 13 heavy (non-hydrogen) atoms. The summed E-state index contributed by atoms with van der Waals surface area (Å²) in [5.41, 5.74) is -1.22. The fraction of sp³-hybridized carbons (Fsp3) is 0.900. The van der Waals surface area contributed by atoms with E-state index in [1.807, 2.05) is 0 Å². The highest BCUT2D eigenvalue weighted by Gasteiger charge is 2.35. The lowest BCUT2D eigenvalue weighted by Gasteiger charge is -2.24. The van der Waals surface area contributed by atoms with Gasteiger partial charge in [0.1, 0.15) is 5.60 Å². The maximum Gasteiger partial charge on any atom is 0.253 e. The molecule has 1 heterocycles. The Morgan fingerprint density at radius 2 is 1.69 bits per heavy atom. The van der Waals surface area contributed by atoms with Crippen LogP contribution in [0.5, 0.6) is 0 Å². The van der Waals surface area contributed by atoms with Gasteiger partial charge in [0.25, 0.3) is 5.91 Å². The summed E-state index contributed by atoms with van der Waals surface area (Å²) in [6.45, 7) is 8.94. The van der Waals surface area contributed by atoms with Crippen LogP contribution in [0.3, 0.4) is 0 Å². The van der Waals surface area contributed by atoms with Gasteiger partial charge in [-0.15, -0.1) is 0 Å². The summed E-state index contributed by atoms with van der Waals surface area (Å²) in [6, 6.07) is 0. The number of amides is 1. The van der Waals surface area contributed by atoms with Gasteiger partial charge < -0.3 is 10.0 Å². The van der Waals surface area contributed by atoms with Crippen molar-refractivity contribution in [3.8, 4) is 0 Å². The van der Waals surface area contributed by atoms with Gasteiger partial charge in [0.2, 0.25) is 0 Å². The Morgan fingerprint density at radius 3 is 2.00 bits per heavy atom. The molecule has 2 unspecified atom stereocenters. The fourth-order valence-corrected chi connectivity index (χ4v) is 1.68. The van der Waals surface area contributed by atoms with Crippen molar-refractivity contribution < 1.29 is 9.90 Å². The summed E-state index contributed by atoms with van der Waals surface area (Å²) < 4.78 is 0. The molecule has 1 rings (SSSR count). The maximum absolute atomic E-state index is 11.6. The van der Waals surface area contributed by atoms with Crippen molar-refractivity contribution in [2.45, 2.75) is 33.3 Å². The maximum atomic E-state index is 11.6. The molecule has 1 fully saturated rings. The van der Waals surface area contributed by atoms with Crippen LogP contribution in [-0.4, -0.2) is 34.6 Å². The average molecular weight is 185 g/mol. The first-order valence-electron chi connectivity index (χ1n) is 4.84. The summed E-state index contributed by atoms with van der Waals surface area (Å²) >= 11 is 0. The summed E-state index contributed by atoms with van der Waals surface area (Å²) in [6.07, 6.45) is 0. The zero-order valence-electron chi connectivity index (χ0n) is 8.87. The minimum absolute atomic E-state index is 0.149. The third-order valence-electron chi connectivity index (χ3n) is 2.80. The second-order valence-electron chi connectivity index (χ2n) is 4.72. The van der Waals surface area contributed by atoms with Crippen molar-refractivity contribution in [1.29, 1.82) is 0 Å². The number of hydrogen-bond donors (Lipinski definition) is 1. The van der Waals surface area contributed by atoms with E-state index in [2.05, 4.69) is 13.8 Å². The summed E-state index contributed by atoms with van der Waals surface area (Å²) in [5, 5.41) is 9.53. The molecule has 0 aromatic carbocycles. The lowest BCUT2D eigenvalue weighted by Crippen LogP contribution is -2.44. The van der Waals surface area contributed by atoms with E-state index in [-0.39, 0.29) is 5.91 Å². The summed E-state index contributed by atoms with van der Waals surface area (Å²) in [5.74, 6) is 0.946. The molecule has 1 N–H and O–H groups in total. The van der Waals surface area contributed by atoms with E-state index in [0.29, 0.717) is 11.8 Å². The minimum Gasteiger partial charge on any atom is -0.381 e. The molecule has 0 aromatic heterocycles. The van der Waals surface area contributed by atoms with Crippen LogP contribution in [0.1, 0.15) is 27.7 Å². The van der Waals surface area contributed by atoms with Gasteiger partial charge in [-0.05, 0) is 25.7 Å². The lowest BCUT2D eigenvalue weighted by atomic mass is 10.0. The quantitative estimate of drug-likeness (QED) is 0.658. The van der Waals surface area contributed by atoms with Gasteiger partial charge in [-0.2, -0.15) is 0 Å². The number of rotatable bonds is 1. The van der Waals surface area contributed by atoms with Gasteiger partial charge >= 0.3 is 0 Å². The van der Waals surface area contributed by atoms with Crippen LogP contribution < -0.4 is 0 Å². The zero-order valence-corrected chi connectivity index (χ0v) is 8.87. The van der Waals surface area contributed by atoms with E-state index >= 15 is 0 Å². The molecule has 0 radical (unpaired) electrons. The van der Waals surface area contributed by atoms with Crippen LogP contribution >= 0.6 is 0 Å². The summed E-state index contributed by atoms with van der Waals surface area (Å²) in [4.78, 5) is 13.4. The Bertz CT molecular complexity index is 197. The van der Waals surface area contributed by atoms with Gasteiger partial charge in [0.15, 0.2) is 0 Å². The van der Waals surface area contributed by atoms with Crippen LogP contribution in [0.4, 0.5) is 0 Å². The predicted molar refractivity (Wildman–Crippen MR) is 51.2 cm³/mol. The van der Waals surface area contributed by atoms with E-state index in [1.165, 1.54) is 0 Å². The molecular formula is C10H19NO2. The Balaban J connectivity index is 2.61. The number of aliphatic hydroxyl groups is 1. The van der Waals surface area contributed by atoms with Crippen molar-refractivity contribution in [2.24, 2.45) is 11.8 Å². The molecule has 0 aliphatic carbocycles. The van der Waals surface area contributed by atoms with Crippen LogP contribution in [0.15, 0.2) is 0 Å². The van der Waals surface area contributed by atoms with Crippen LogP contribution in [-0.2, 0) is 4.79 Å². The molecule has 1 saturated heterocycles. The molecule has 0 aromatic rings. The number of carbonyl (C=O) groups is 1. The first kappa shape index (κ1) is 10.5. The number of likely N-dealkylation sites (tertiary alicyclic amines) is 1. The Morgan fingerprint density at radius 1 is 1.31 bits per heavy atom. The topological polar surface area (TPSA) is 40.5 Å². The van der Waals surface area contributed by atoms with E-state index in [9.17, 15) is 9.90 Å². The second kappa shape index (κ2) is 3.29. The Kier molecular flexibility index (Phi) is 2.66. The zero-order chi connectivity index (χ0) is 10.2. The first-order valence-corrected chi connectivity index (χ1v) is 4.84. The van der Waals surface area contributed by atoms with Crippen molar-refractivity contribution in [1.82, 2.24) is 4.90 Å². The molecule has 3 nitrogen and oxygen atoms in total. The third kappa shape index (κ3) is 2.21. The van der Waals surface area contributed by atoms with E-state index in [1.54, 1.807) is 18.7 Å². The van der Waals surface area contributed by atoms with Crippen molar-refractivity contribution >= 4 is 5.91 Å². The van der Waals surface area contributed by atoms with E-state index in [0.717, 1.165) is 13.1 Å². The largest absolute Gasteiger partial charge is 0.381 e. The molecule has 1 aliphatic heterocycles.